The summed E-state index contributed by atoms with van der Waals surface area (Å²) in [5, 5.41) is 11.6. The Balaban J connectivity index is 4.37. The van der Waals surface area contributed by atoms with Gasteiger partial charge in [-0.1, -0.05) is 155 Å². The minimum atomic E-state index is -1.12. The molecule has 0 aromatic heterocycles. The Kier molecular flexibility index (Phi) is 31.4. The largest absolute Gasteiger partial charge is 0.544 e. The number of ether oxygens (including phenoxy) is 3. The van der Waals surface area contributed by atoms with Crippen LogP contribution in [0.4, 0.5) is 0 Å². The Hall–Kier alpha value is -1.67. The molecule has 0 rings (SSSR count). The highest BCUT2D eigenvalue weighted by atomic mass is 16.6. The molecule has 0 amide bonds. The van der Waals surface area contributed by atoms with E-state index in [-0.39, 0.29) is 42.7 Å². The van der Waals surface area contributed by atoms with Gasteiger partial charge in [-0.05, 0) is 12.8 Å². The van der Waals surface area contributed by atoms with Crippen LogP contribution in [-0.2, 0) is 28.6 Å². The molecule has 0 fully saturated rings. The normalized spacial score (nSPS) is 12.9. The number of carboxylic acid groups (broad SMARTS) is 1. The number of aliphatic carboxylic acids is 1. The van der Waals surface area contributed by atoms with Crippen molar-refractivity contribution in [2.24, 2.45) is 0 Å². The average molecular weight is 684 g/mol. The van der Waals surface area contributed by atoms with Gasteiger partial charge in [-0.3, -0.25) is 9.59 Å². The summed E-state index contributed by atoms with van der Waals surface area (Å²) in [5.74, 6) is -1.72. The van der Waals surface area contributed by atoms with Gasteiger partial charge in [0.1, 0.15) is 12.6 Å². The first kappa shape index (κ1) is 46.3. The number of likely N-dealkylation sites (N-methyl/N-ethyl adjacent to an activating group) is 1. The van der Waals surface area contributed by atoms with Crippen LogP contribution >= 0.6 is 0 Å². The third-order valence-corrected chi connectivity index (χ3v) is 9.24. The maximum atomic E-state index is 12.6. The number of quaternary nitrogens is 1. The van der Waals surface area contributed by atoms with E-state index >= 15 is 0 Å². The lowest BCUT2D eigenvalue weighted by Crippen LogP contribution is -2.55. The number of unbranched alkanes of at least 4 members (excludes halogenated alkanes) is 22. The highest BCUT2D eigenvalue weighted by Gasteiger charge is 2.25. The van der Waals surface area contributed by atoms with E-state index in [1.165, 1.54) is 116 Å². The van der Waals surface area contributed by atoms with Crippen molar-refractivity contribution in [3.63, 3.8) is 0 Å². The molecule has 0 bridgehead atoms. The minimum absolute atomic E-state index is 0.0486. The summed E-state index contributed by atoms with van der Waals surface area (Å²) < 4.78 is 17.1. The Labute approximate surface area is 296 Å². The predicted molar refractivity (Wildman–Crippen MR) is 194 cm³/mol. The van der Waals surface area contributed by atoms with Crippen molar-refractivity contribution in [3.8, 4) is 0 Å². The minimum Gasteiger partial charge on any atom is -0.544 e. The molecule has 8 heteroatoms. The zero-order valence-corrected chi connectivity index (χ0v) is 32.2. The standard InChI is InChI=1S/C40H77NO7/c1-6-8-10-12-14-16-18-20-22-24-26-28-30-38(42)47-35-36(34-46-33-32-37(40(44)45)41(3,4)5)48-39(43)31-29-27-25-23-21-19-17-15-13-11-9-7-2/h36-37H,6-35H2,1-5H3. The summed E-state index contributed by atoms with van der Waals surface area (Å²) in [6, 6.07) is -0.717. The van der Waals surface area contributed by atoms with Gasteiger partial charge < -0.3 is 28.6 Å². The van der Waals surface area contributed by atoms with Crippen molar-refractivity contribution in [1.29, 1.82) is 0 Å². The zero-order valence-electron chi connectivity index (χ0n) is 32.2. The van der Waals surface area contributed by atoms with Gasteiger partial charge in [-0.15, -0.1) is 0 Å². The summed E-state index contributed by atoms with van der Waals surface area (Å²) in [7, 11) is 5.41. The van der Waals surface area contributed by atoms with Crippen LogP contribution < -0.4 is 5.11 Å². The van der Waals surface area contributed by atoms with Crippen molar-refractivity contribution < 1.29 is 38.2 Å². The van der Waals surface area contributed by atoms with Crippen LogP contribution in [0.5, 0.6) is 0 Å². The SMILES string of the molecule is CCCCCCCCCCCCCCC(=O)OCC(COCCC(C(=O)[O-])[N+](C)(C)C)OC(=O)CCCCCCCCCCCCCC. The lowest BCUT2D eigenvalue weighted by molar-refractivity contribution is -0.889. The molecule has 0 aliphatic rings. The van der Waals surface area contributed by atoms with E-state index in [0.717, 1.165) is 38.5 Å². The molecule has 8 nitrogen and oxygen atoms in total. The quantitative estimate of drug-likeness (QED) is 0.0369. The van der Waals surface area contributed by atoms with Gasteiger partial charge in [-0.2, -0.15) is 0 Å². The van der Waals surface area contributed by atoms with Crippen molar-refractivity contribution in [2.45, 2.75) is 199 Å². The molecule has 0 aromatic rings. The fraction of sp³-hybridized carbons (Fsp3) is 0.925. The van der Waals surface area contributed by atoms with E-state index in [1.54, 1.807) is 21.1 Å². The molecule has 2 atom stereocenters. The average Bonchev–Trinajstić information content (AvgIpc) is 3.03. The molecule has 0 saturated heterocycles. The smallest absolute Gasteiger partial charge is 0.306 e. The Bertz CT molecular complexity index is 767. The van der Waals surface area contributed by atoms with Crippen molar-refractivity contribution in [1.82, 2.24) is 0 Å². The van der Waals surface area contributed by atoms with E-state index in [9.17, 15) is 19.5 Å². The first-order valence-electron chi connectivity index (χ1n) is 20.1. The van der Waals surface area contributed by atoms with Crippen LogP contribution in [0.25, 0.3) is 0 Å². The second-order valence-corrected chi connectivity index (χ2v) is 14.9. The molecular weight excluding hydrogens is 606 g/mol. The van der Waals surface area contributed by atoms with Gasteiger partial charge in [0.05, 0.1) is 40.3 Å². The molecule has 284 valence electrons. The van der Waals surface area contributed by atoms with E-state index in [4.69, 9.17) is 14.2 Å². The summed E-state index contributed by atoms with van der Waals surface area (Å²) in [6.07, 6.45) is 29.7. The molecule has 0 saturated carbocycles. The number of hydrogen-bond acceptors (Lipinski definition) is 7. The van der Waals surface area contributed by atoms with Gasteiger partial charge in [0.2, 0.25) is 0 Å². The van der Waals surface area contributed by atoms with Crippen LogP contribution in [0, 0.1) is 0 Å². The summed E-state index contributed by atoms with van der Waals surface area (Å²) in [6.45, 7) is 4.67. The molecule has 0 spiro atoms. The van der Waals surface area contributed by atoms with Crippen molar-refractivity contribution >= 4 is 17.9 Å². The highest BCUT2D eigenvalue weighted by Crippen LogP contribution is 2.15. The summed E-state index contributed by atoms with van der Waals surface area (Å²) in [4.78, 5) is 36.6. The van der Waals surface area contributed by atoms with Crippen LogP contribution in [0.2, 0.25) is 0 Å². The molecular formula is C40H77NO7. The topological polar surface area (TPSA) is 102 Å². The summed E-state index contributed by atoms with van der Waals surface area (Å²) >= 11 is 0. The Morgan fingerprint density at radius 2 is 0.917 bits per heavy atom. The van der Waals surface area contributed by atoms with Gasteiger partial charge in [0.25, 0.3) is 0 Å². The third-order valence-electron chi connectivity index (χ3n) is 9.24. The molecule has 0 aromatic carbocycles. The van der Waals surface area contributed by atoms with E-state index < -0.39 is 18.1 Å². The van der Waals surface area contributed by atoms with Crippen LogP contribution in [0.15, 0.2) is 0 Å². The van der Waals surface area contributed by atoms with Gasteiger partial charge in [-0.25, -0.2) is 0 Å². The molecule has 2 unspecified atom stereocenters. The number of esters is 2. The Morgan fingerprint density at radius 3 is 1.29 bits per heavy atom. The number of carbonyl (C=O) groups excluding carboxylic acids is 3. The first-order chi connectivity index (χ1) is 23.1. The van der Waals surface area contributed by atoms with E-state index in [1.807, 2.05) is 0 Å². The lowest BCUT2D eigenvalue weighted by atomic mass is 10.0. The predicted octanol–water partition coefficient (Wildman–Crippen LogP) is 8.86. The molecule has 0 aliphatic heterocycles. The van der Waals surface area contributed by atoms with Crippen LogP contribution in [0.3, 0.4) is 0 Å². The van der Waals surface area contributed by atoms with Crippen molar-refractivity contribution in [3.05, 3.63) is 0 Å². The zero-order chi connectivity index (χ0) is 35.7. The second-order valence-electron chi connectivity index (χ2n) is 14.9. The number of carboxylic acids is 1. The maximum Gasteiger partial charge on any atom is 0.306 e. The van der Waals surface area contributed by atoms with Crippen LogP contribution in [-0.4, -0.2) is 75.5 Å². The number of rotatable bonds is 36. The van der Waals surface area contributed by atoms with E-state index in [2.05, 4.69) is 13.8 Å². The van der Waals surface area contributed by atoms with Gasteiger partial charge in [0, 0.05) is 19.3 Å². The van der Waals surface area contributed by atoms with Gasteiger partial charge >= 0.3 is 11.9 Å². The second kappa shape index (κ2) is 32.5. The summed E-state index contributed by atoms with van der Waals surface area (Å²) in [5.41, 5.74) is 0. The monoisotopic (exact) mass is 684 g/mol. The Morgan fingerprint density at radius 1 is 0.542 bits per heavy atom. The van der Waals surface area contributed by atoms with Crippen LogP contribution in [0.1, 0.15) is 187 Å². The molecule has 0 heterocycles. The van der Waals surface area contributed by atoms with Crippen molar-refractivity contribution in [2.75, 3.05) is 41.0 Å². The third kappa shape index (κ3) is 30.4. The molecule has 48 heavy (non-hydrogen) atoms. The van der Waals surface area contributed by atoms with E-state index in [0.29, 0.717) is 12.8 Å². The fourth-order valence-corrected chi connectivity index (χ4v) is 6.07. The first-order valence-corrected chi connectivity index (χ1v) is 20.1. The lowest BCUT2D eigenvalue weighted by Gasteiger charge is -2.34. The molecule has 0 aliphatic carbocycles. The number of carbonyl (C=O) groups is 3. The number of hydrogen-bond donors (Lipinski definition) is 0. The molecule has 0 radical (unpaired) electrons. The number of nitrogens with zero attached hydrogens (tertiary/aromatic N) is 1. The fourth-order valence-electron chi connectivity index (χ4n) is 6.07. The van der Waals surface area contributed by atoms with Gasteiger partial charge in [0.15, 0.2) is 6.10 Å². The maximum absolute atomic E-state index is 12.6. The molecule has 0 N–H and O–H groups in total. The highest BCUT2D eigenvalue weighted by molar-refractivity contribution is 5.70.